The molecule has 1 aliphatic heterocycles. The molecule has 0 N–H and O–H groups in total. The van der Waals surface area contributed by atoms with Crippen LogP contribution in [0.25, 0.3) is 0 Å². The van der Waals surface area contributed by atoms with Crippen LogP contribution >= 0.6 is 11.8 Å². The Bertz CT molecular complexity index is 1210. The summed E-state index contributed by atoms with van der Waals surface area (Å²) in [4.78, 5) is 13.0. The number of nitrogens with zero attached hydrogens (tertiary/aromatic N) is 4. The van der Waals surface area contributed by atoms with Gasteiger partial charge in [0, 0.05) is 23.0 Å². The standard InChI is InChI=1S/C22H26N4O3S2/c1-15-11-20(16(2)26(15)19-9-10-31(28,29)14-19)21(27)13-30-22-24-23-17(3)25(22)12-18-7-5-4-6-8-18/h4-8,11,19H,9-10,12-14H2,1-3H3/t19-/m1/s1. The maximum atomic E-state index is 13.0. The zero-order chi connectivity index (χ0) is 22.2. The zero-order valence-electron chi connectivity index (χ0n) is 17.9. The molecule has 31 heavy (non-hydrogen) atoms. The molecule has 0 amide bonds. The van der Waals surface area contributed by atoms with Gasteiger partial charge >= 0.3 is 0 Å². The number of thioether (sulfide) groups is 1. The topological polar surface area (TPSA) is 86.8 Å². The Hall–Kier alpha value is -2.39. The van der Waals surface area contributed by atoms with Crippen LogP contribution in [0, 0.1) is 20.8 Å². The lowest BCUT2D eigenvalue weighted by Gasteiger charge is -2.16. The molecular formula is C22H26N4O3S2. The molecule has 0 aliphatic carbocycles. The van der Waals surface area contributed by atoms with Crippen LogP contribution in [0.15, 0.2) is 41.6 Å². The number of carbonyl (C=O) groups is 1. The van der Waals surface area contributed by atoms with E-state index in [0.29, 0.717) is 23.7 Å². The van der Waals surface area contributed by atoms with E-state index >= 15 is 0 Å². The maximum absolute atomic E-state index is 13.0. The van der Waals surface area contributed by atoms with Gasteiger partial charge in [0.2, 0.25) is 0 Å². The number of aryl methyl sites for hydroxylation is 2. The first-order chi connectivity index (χ1) is 14.7. The van der Waals surface area contributed by atoms with Crippen molar-refractivity contribution in [3.8, 4) is 0 Å². The number of sulfone groups is 1. The second-order valence-corrected chi connectivity index (χ2v) is 11.2. The molecule has 1 aromatic carbocycles. The first-order valence-electron chi connectivity index (χ1n) is 10.2. The highest BCUT2D eigenvalue weighted by molar-refractivity contribution is 7.99. The number of hydrogen-bond donors (Lipinski definition) is 0. The molecule has 3 aromatic rings. The van der Waals surface area contributed by atoms with E-state index in [1.165, 1.54) is 11.8 Å². The minimum absolute atomic E-state index is 0.0112. The van der Waals surface area contributed by atoms with Crippen LogP contribution in [0.5, 0.6) is 0 Å². The van der Waals surface area contributed by atoms with Gasteiger partial charge in [0.1, 0.15) is 5.82 Å². The molecule has 7 nitrogen and oxygen atoms in total. The van der Waals surface area contributed by atoms with Crippen LogP contribution in [0.1, 0.15) is 45.6 Å². The average Bonchev–Trinajstić information content (AvgIpc) is 3.36. The van der Waals surface area contributed by atoms with Crippen molar-refractivity contribution in [1.29, 1.82) is 0 Å². The van der Waals surface area contributed by atoms with Crippen molar-refractivity contribution in [1.82, 2.24) is 19.3 Å². The minimum Gasteiger partial charge on any atom is -0.344 e. The van der Waals surface area contributed by atoms with Gasteiger partial charge in [0.05, 0.1) is 23.8 Å². The lowest BCUT2D eigenvalue weighted by atomic mass is 10.2. The summed E-state index contributed by atoms with van der Waals surface area (Å²) in [6.45, 7) is 6.39. The van der Waals surface area contributed by atoms with E-state index in [1.54, 1.807) is 0 Å². The fraction of sp³-hybridized carbons (Fsp3) is 0.409. The highest BCUT2D eigenvalue weighted by atomic mass is 32.2. The number of carbonyl (C=O) groups excluding carboxylic acids is 1. The Balaban J connectivity index is 1.49. The first kappa shape index (κ1) is 21.8. The number of Topliss-reactive ketones (excluding diaryl/α,β-unsaturated/α-hetero) is 1. The van der Waals surface area contributed by atoms with Gasteiger partial charge in [-0.3, -0.25) is 4.79 Å². The normalized spacial score (nSPS) is 17.8. The molecule has 0 spiro atoms. The van der Waals surface area contributed by atoms with Crippen molar-refractivity contribution in [3.05, 3.63) is 64.7 Å². The maximum Gasteiger partial charge on any atom is 0.191 e. The summed E-state index contributed by atoms with van der Waals surface area (Å²) in [5, 5.41) is 9.15. The molecule has 1 saturated heterocycles. The third-order valence-corrected chi connectivity index (χ3v) is 8.49. The molecule has 1 atom stereocenters. The number of rotatable bonds is 7. The van der Waals surface area contributed by atoms with E-state index in [9.17, 15) is 13.2 Å². The molecular weight excluding hydrogens is 432 g/mol. The van der Waals surface area contributed by atoms with Gasteiger partial charge < -0.3 is 9.13 Å². The number of hydrogen-bond acceptors (Lipinski definition) is 6. The average molecular weight is 459 g/mol. The van der Waals surface area contributed by atoms with Gasteiger partial charge in [-0.25, -0.2) is 8.42 Å². The molecule has 0 radical (unpaired) electrons. The van der Waals surface area contributed by atoms with Gasteiger partial charge in [-0.15, -0.1) is 10.2 Å². The molecule has 1 aliphatic rings. The van der Waals surface area contributed by atoms with Crippen LogP contribution in [0.3, 0.4) is 0 Å². The highest BCUT2D eigenvalue weighted by Gasteiger charge is 2.31. The smallest absolute Gasteiger partial charge is 0.191 e. The molecule has 1 fully saturated rings. The van der Waals surface area contributed by atoms with Crippen LogP contribution < -0.4 is 0 Å². The van der Waals surface area contributed by atoms with Gasteiger partial charge in [0.15, 0.2) is 20.8 Å². The second-order valence-electron chi connectivity index (χ2n) is 8.03. The summed E-state index contributed by atoms with van der Waals surface area (Å²) >= 11 is 1.38. The molecule has 3 heterocycles. The van der Waals surface area contributed by atoms with E-state index in [4.69, 9.17) is 0 Å². The molecule has 9 heteroatoms. The van der Waals surface area contributed by atoms with Crippen molar-refractivity contribution in [2.75, 3.05) is 17.3 Å². The second kappa shape index (κ2) is 8.63. The van der Waals surface area contributed by atoms with Gasteiger partial charge in [-0.2, -0.15) is 0 Å². The van der Waals surface area contributed by atoms with Gasteiger partial charge in [0.25, 0.3) is 0 Å². The Morgan fingerprint density at radius 1 is 1.16 bits per heavy atom. The summed E-state index contributed by atoms with van der Waals surface area (Å²) in [5.74, 6) is 1.43. The lowest BCUT2D eigenvalue weighted by Crippen LogP contribution is -2.14. The van der Waals surface area contributed by atoms with E-state index < -0.39 is 9.84 Å². The number of benzene rings is 1. The third kappa shape index (κ3) is 4.62. The quantitative estimate of drug-likeness (QED) is 0.398. The Labute approximate surface area is 186 Å². The summed E-state index contributed by atoms with van der Waals surface area (Å²) in [5.41, 5.74) is 3.57. The highest BCUT2D eigenvalue weighted by Crippen LogP contribution is 2.30. The van der Waals surface area contributed by atoms with Crippen LogP contribution in [-0.2, 0) is 16.4 Å². The molecule has 0 unspecified atom stereocenters. The van der Waals surface area contributed by atoms with E-state index in [0.717, 1.165) is 22.8 Å². The van der Waals surface area contributed by atoms with Crippen molar-refractivity contribution in [2.24, 2.45) is 0 Å². The molecule has 2 aromatic heterocycles. The number of ketones is 1. The first-order valence-corrected chi connectivity index (χ1v) is 13.0. The van der Waals surface area contributed by atoms with Gasteiger partial charge in [-0.05, 0) is 38.8 Å². The Morgan fingerprint density at radius 2 is 1.90 bits per heavy atom. The van der Waals surface area contributed by atoms with Crippen molar-refractivity contribution < 1.29 is 13.2 Å². The summed E-state index contributed by atoms with van der Waals surface area (Å²) < 4.78 is 27.8. The third-order valence-electron chi connectivity index (χ3n) is 5.78. The van der Waals surface area contributed by atoms with Crippen molar-refractivity contribution in [3.63, 3.8) is 0 Å². The minimum atomic E-state index is -2.99. The lowest BCUT2D eigenvalue weighted by molar-refractivity contribution is 0.102. The fourth-order valence-electron chi connectivity index (χ4n) is 4.22. The van der Waals surface area contributed by atoms with Gasteiger partial charge in [-0.1, -0.05) is 42.1 Å². The van der Waals surface area contributed by atoms with Crippen LogP contribution in [0.2, 0.25) is 0 Å². The Morgan fingerprint density at radius 3 is 2.58 bits per heavy atom. The summed E-state index contributed by atoms with van der Waals surface area (Å²) in [6.07, 6.45) is 0.600. The monoisotopic (exact) mass is 458 g/mol. The molecule has 0 saturated carbocycles. The predicted octanol–water partition coefficient (Wildman–Crippen LogP) is 3.39. The number of aromatic nitrogens is 4. The van der Waals surface area contributed by atoms with E-state index in [1.807, 2.05) is 54.2 Å². The molecule has 4 rings (SSSR count). The van der Waals surface area contributed by atoms with Crippen LogP contribution in [0.4, 0.5) is 0 Å². The Kier molecular flexibility index (Phi) is 6.07. The molecule has 164 valence electrons. The SMILES string of the molecule is Cc1nnc(SCC(=O)c2cc(C)n([C@@H]3CCS(=O)(=O)C3)c2C)n1Cc1ccccc1. The fourth-order valence-corrected chi connectivity index (χ4v) is 6.79. The van der Waals surface area contributed by atoms with E-state index in [-0.39, 0.29) is 29.1 Å². The van der Waals surface area contributed by atoms with Crippen LogP contribution in [-0.4, -0.2) is 50.8 Å². The predicted molar refractivity (Wildman–Crippen MR) is 122 cm³/mol. The largest absolute Gasteiger partial charge is 0.344 e. The molecule has 0 bridgehead atoms. The van der Waals surface area contributed by atoms with Crippen molar-refractivity contribution in [2.45, 2.75) is 44.9 Å². The zero-order valence-corrected chi connectivity index (χ0v) is 19.5. The summed E-state index contributed by atoms with van der Waals surface area (Å²) in [6, 6.07) is 11.9. The van der Waals surface area contributed by atoms with E-state index in [2.05, 4.69) is 22.3 Å². The summed E-state index contributed by atoms with van der Waals surface area (Å²) in [7, 11) is -2.99. The van der Waals surface area contributed by atoms with Crippen molar-refractivity contribution >= 4 is 27.4 Å².